The number of alkyl halides is 1. The number of methoxy groups -OCH3 is 1. The minimum Gasteiger partial charge on any atom is -0.467 e. The molecular formula is C16H14Cl2FNO3. The van der Waals surface area contributed by atoms with E-state index in [-0.39, 0.29) is 22.2 Å². The van der Waals surface area contributed by atoms with Gasteiger partial charge in [0.2, 0.25) is 6.17 Å². The van der Waals surface area contributed by atoms with Gasteiger partial charge in [0.15, 0.2) is 5.75 Å². The van der Waals surface area contributed by atoms with Crippen LogP contribution in [0.15, 0.2) is 36.4 Å². The quantitative estimate of drug-likeness (QED) is 0.635. The van der Waals surface area contributed by atoms with Gasteiger partial charge in [-0.3, -0.25) is 0 Å². The van der Waals surface area contributed by atoms with Crippen molar-refractivity contribution in [2.24, 2.45) is 0 Å². The maximum atomic E-state index is 13.6. The molecule has 0 aliphatic rings. The lowest BCUT2D eigenvalue weighted by atomic mass is 10.1. The van der Waals surface area contributed by atoms with Crippen LogP contribution >= 0.6 is 23.2 Å². The molecule has 1 atom stereocenters. The molecule has 1 unspecified atom stereocenters. The van der Waals surface area contributed by atoms with Crippen molar-refractivity contribution in [1.82, 2.24) is 0 Å². The van der Waals surface area contributed by atoms with Gasteiger partial charge in [-0.25, -0.2) is 9.18 Å². The summed E-state index contributed by atoms with van der Waals surface area (Å²) in [5, 5.41) is 0.419. The highest BCUT2D eigenvalue weighted by atomic mass is 35.5. The Balaban J connectivity index is 2.20. The van der Waals surface area contributed by atoms with Crippen molar-refractivity contribution in [3.05, 3.63) is 52.0 Å². The van der Waals surface area contributed by atoms with E-state index in [2.05, 4.69) is 4.74 Å². The number of benzene rings is 2. The third-order valence-corrected chi connectivity index (χ3v) is 3.59. The van der Waals surface area contributed by atoms with Gasteiger partial charge in [0.05, 0.1) is 17.2 Å². The highest BCUT2D eigenvalue weighted by molar-refractivity contribution is 6.37. The summed E-state index contributed by atoms with van der Waals surface area (Å²) in [4.78, 5) is 11.1. The first-order valence-corrected chi connectivity index (χ1v) is 7.39. The second-order valence-corrected chi connectivity index (χ2v) is 5.57. The molecule has 23 heavy (non-hydrogen) atoms. The van der Waals surface area contributed by atoms with E-state index in [0.29, 0.717) is 17.0 Å². The number of nitrogen functional groups attached to an aromatic ring is 1. The number of rotatable bonds is 5. The Hall–Kier alpha value is -1.98. The van der Waals surface area contributed by atoms with Gasteiger partial charge in [0, 0.05) is 12.1 Å². The molecule has 0 heterocycles. The molecule has 0 saturated heterocycles. The highest BCUT2D eigenvalue weighted by Crippen LogP contribution is 2.37. The third-order valence-electron chi connectivity index (χ3n) is 3.03. The molecule has 2 N–H and O–H groups in total. The zero-order chi connectivity index (χ0) is 17.0. The number of carbonyl (C=O) groups is 1. The van der Waals surface area contributed by atoms with E-state index in [4.69, 9.17) is 33.7 Å². The van der Waals surface area contributed by atoms with E-state index in [1.54, 1.807) is 24.3 Å². The van der Waals surface area contributed by atoms with Crippen molar-refractivity contribution >= 4 is 34.9 Å². The van der Waals surface area contributed by atoms with Gasteiger partial charge in [-0.15, -0.1) is 0 Å². The van der Waals surface area contributed by atoms with Gasteiger partial charge in [-0.05, 0) is 42.0 Å². The summed E-state index contributed by atoms with van der Waals surface area (Å²) >= 11 is 12.3. The first-order valence-electron chi connectivity index (χ1n) is 6.64. The van der Waals surface area contributed by atoms with Crippen LogP contribution in [0.3, 0.4) is 0 Å². The fraction of sp³-hybridized carbons (Fsp3) is 0.188. The summed E-state index contributed by atoms with van der Waals surface area (Å²) in [6.45, 7) is 0. The van der Waals surface area contributed by atoms with Crippen molar-refractivity contribution in [3.8, 4) is 11.5 Å². The van der Waals surface area contributed by atoms with Gasteiger partial charge >= 0.3 is 5.97 Å². The number of hydrogen-bond acceptors (Lipinski definition) is 4. The molecule has 4 nitrogen and oxygen atoms in total. The molecule has 2 aromatic carbocycles. The van der Waals surface area contributed by atoms with Crippen LogP contribution < -0.4 is 10.5 Å². The molecule has 0 radical (unpaired) electrons. The van der Waals surface area contributed by atoms with E-state index in [0.717, 1.165) is 7.11 Å². The minimum atomic E-state index is -1.78. The molecule has 0 bridgehead atoms. The summed E-state index contributed by atoms with van der Waals surface area (Å²) in [6, 6.07) is 9.69. The Bertz CT molecular complexity index is 684. The summed E-state index contributed by atoms with van der Waals surface area (Å²) < 4.78 is 23.6. The van der Waals surface area contributed by atoms with Crippen LogP contribution in [0, 0.1) is 0 Å². The monoisotopic (exact) mass is 357 g/mol. The van der Waals surface area contributed by atoms with Gasteiger partial charge in [-0.2, -0.15) is 0 Å². The van der Waals surface area contributed by atoms with Gasteiger partial charge < -0.3 is 15.2 Å². The van der Waals surface area contributed by atoms with Crippen LogP contribution in [-0.2, 0) is 16.0 Å². The number of carbonyl (C=O) groups excluding carboxylic acids is 1. The smallest absolute Gasteiger partial charge is 0.340 e. The molecule has 0 saturated carbocycles. The van der Waals surface area contributed by atoms with Crippen LogP contribution in [0.4, 0.5) is 10.1 Å². The predicted molar refractivity (Wildman–Crippen MR) is 88.0 cm³/mol. The number of esters is 1. The third kappa shape index (κ3) is 4.50. The first kappa shape index (κ1) is 17.4. The van der Waals surface area contributed by atoms with Crippen LogP contribution in [0.2, 0.25) is 10.0 Å². The lowest BCUT2D eigenvalue weighted by Gasteiger charge is -2.12. The maximum absolute atomic E-state index is 13.6. The Morgan fingerprint density at radius 1 is 1.22 bits per heavy atom. The van der Waals surface area contributed by atoms with Crippen LogP contribution in [0.25, 0.3) is 0 Å². The Kier molecular flexibility index (Phi) is 5.69. The van der Waals surface area contributed by atoms with Crippen molar-refractivity contribution < 1.29 is 18.7 Å². The van der Waals surface area contributed by atoms with E-state index in [1.165, 1.54) is 12.1 Å². The van der Waals surface area contributed by atoms with E-state index in [9.17, 15) is 9.18 Å². The van der Waals surface area contributed by atoms with E-state index in [1.807, 2.05) is 0 Å². The van der Waals surface area contributed by atoms with Crippen molar-refractivity contribution in [1.29, 1.82) is 0 Å². The van der Waals surface area contributed by atoms with Gasteiger partial charge in [0.1, 0.15) is 5.75 Å². The highest BCUT2D eigenvalue weighted by Gasteiger charge is 2.20. The van der Waals surface area contributed by atoms with Gasteiger partial charge in [-0.1, -0.05) is 23.2 Å². The van der Waals surface area contributed by atoms with Crippen molar-refractivity contribution in [2.75, 3.05) is 12.8 Å². The lowest BCUT2D eigenvalue weighted by molar-refractivity contribution is -0.146. The normalized spacial score (nSPS) is 11.8. The Morgan fingerprint density at radius 3 is 2.30 bits per heavy atom. The zero-order valence-electron chi connectivity index (χ0n) is 12.2. The fourth-order valence-corrected chi connectivity index (χ4v) is 2.51. The second kappa shape index (κ2) is 7.53. The van der Waals surface area contributed by atoms with Crippen LogP contribution in [-0.4, -0.2) is 19.3 Å². The molecular weight excluding hydrogens is 344 g/mol. The number of halogens is 3. The van der Waals surface area contributed by atoms with Crippen LogP contribution in [0.1, 0.15) is 5.56 Å². The van der Waals surface area contributed by atoms with E-state index < -0.39 is 12.1 Å². The number of anilines is 1. The molecule has 2 aromatic rings. The topological polar surface area (TPSA) is 61.5 Å². The Morgan fingerprint density at radius 2 is 1.78 bits per heavy atom. The summed E-state index contributed by atoms with van der Waals surface area (Å²) in [5.41, 5.74) is 6.66. The molecule has 0 fully saturated rings. The predicted octanol–water partition coefficient (Wildman–Crippen LogP) is 4.42. The molecule has 0 spiro atoms. The number of hydrogen-bond donors (Lipinski definition) is 1. The largest absolute Gasteiger partial charge is 0.467 e. The summed E-state index contributed by atoms with van der Waals surface area (Å²) in [7, 11) is 1.12. The van der Waals surface area contributed by atoms with Crippen LogP contribution in [0.5, 0.6) is 11.5 Å². The average Bonchev–Trinajstić information content (AvgIpc) is 2.51. The molecule has 7 heteroatoms. The summed E-state index contributed by atoms with van der Waals surface area (Å²) in [5.74, 6) is -0.191. The molecule has 0 aliphatic heterocycles. The number of ether oxygens (including phenoxy) is 2. The average molecular weight is 358 g/mol. The molecule has 122 valence electrons. The lowest BCUT2D eigenvalue weighted by Crippen LogP contribution is -2.19. The second-order valence-electron chi connectivity index (χ2n) is 4.75. The van der Waals surface area contributed by atoms with Crippen molar-refractivity contribution in [3.63, 3.8) is 0 Å². The number of nitrogens with two attached hydrogens (primary N) is 1. The molecule has 0 aromatic heterocycles. The fourth-order valence-electron chi connectivity index (χ4n) is 1.90. The minimum absolute atomic E-state index is 0.186. The zero-order valence-corrected chi connectivity index (χ0v) is 13.7. The standard InChI is InChI=1S/C16H14Cl2FNO3/c1-22-16(21)14(19)8-9-6-12(17)15(13(18)7-9)23-11-4-2-10(20)3-5-11/h2-7,14H,8,20H2,1H3. The van der Waals surface area contributed by atoms with E-state index >= 15 is 0 Å². The van der Waals surface area contributed by atoms with Gasteiger partial charge in [0.25, 0.3) is 0 Å². The summed E-state index contributed by atoms with van der Waals surface area (Å²) in [6.07, 6.45) is -1.97. The molecule has 0 amide bonds. The molecule has 2 rings (SSSR count). The first-order chi connectivity index (χ1) is 10.9. The maximum Gasteiger partial charge on any atom is 0.340 e. The Labute approximate surface area is 142 Å². The SMILES string of the molecule is COC(=O)C(F)Cc1cc(Cl)c(Oc2ccc(N)cc2)c(Cl)c1. The van der Waals surface area contributed by atoms with Crippen molar-refractivity contribution in [2.45, 2.75) is 12.6 Å². The molecule has 0 aliphatic carbocycles.